The molecule has 130 valence electrons. The zero-order valence-electron chi connectivity index (χ0n) is 13.9. The van der Waals surface area contributed by atoms with Gasteiger partial charge in [-0.1, -0.05) is 11.3 Å². The van der Waals surface area contributed by atoms with E-state index in [-0.39, 0.29) is 0 Å². The Balaban J connectivity index is 1.93. The molecule has 8 heteroatoms. The standard InChI is InChI=1S/C17H17FN4O2S/c1-17(2,3)22(16(23)24)15-21-12-6-5-11(8-13(12)25-15)20-14-7-4-10(18)9-19-14/h4-9H,1-3H3,(H,19,20)(H,23,24). The molecule has 0 saturated carbocycles. The number of aromatic nitrogens is 2. The van der Waals surface area contributed by atoms with Crippen LogP contribution in [0.25, 0.3) is 10.2 Å². The molecular weight excluding hydrogens is 343 g/mol. The van der Waals surface area contributed by atoms with Gasteiger partial charge < -0.3 is 10.4 Å². The average Bonchev–Trinajstić information content (AvgIpc) is 2.90. The molecule has 25 heavy (non-hydrogen) atoms. The van der Waals surface area contributed by atoms with Crippen LogP contribution in [0.4, 0.5) is 25.8 Å². The van der Waals surface area contributed by atoms with Crippen molar-refractivity contribution < 1.29 is 14.3 Å². The highest BCUT2D eigenvalue weighted by Crippen LogP contribution is 2.34. The first-order chi connectivity index (χ1) is 11.7. The van der Waals surface area contributed by atoms with Crippen LogP contribution >= 0.6 is 11.3 Å². The molecule has 0 atom stereocenters. The van der Waals surface area contributed by atoms with Crippen molar-refractivity contribution in [3.63, 3.8) is 0 Å². The lowest BCUT2D eigenvalue weighted by atomic mass is 10.1. The predicted octanol–water partition coefficient (Wildman–Crippen LogP) is 4.86. The van der Waals surface area contributed by atoms with Crippen molar-refractivity contribution in [2.24, 2.45) is 0 Å². The minimum Gasteiger partial charge on any atom is -0.465 e. The van der Waals surface area contributed by atoms with Crippen LogP contribution < -0.4 is 10.2 Å². The number of pyridine rings is 1. The summed E-state index contributed by atoms with van der Waals surface area (Å²) in [7, 11) is 0. The van der Waals surface area contributed by atoms with Crippen molar-refractivity contribution in [1.82, 2.24) is 9.97 Å². The first-order valence-electron chi connectivity index (χ1n) is 7.56. The van der Waals surface area contributed by atoms with Gasteiger partial charge in [-0.05, 0) is 51.1 Å². The molecule has 0 bridgehead atoms. The highest BCUT2D eigenvalue weighted by molar-refractivity contribution is 7.22. The molecule has 0 saturated heterocycles. The van der Waals surface area contributed by atoms with Crippen molar-refractivity contribution in [3.8, 4) is 0 Å². The lowest BCUT2D eigenvalue weighted by molar-refractivity contribution is 0.195. The van der Waals surface area contributed by atoms with Gasteiger partial charge >= 0.3 is 6.09 Å². The second-order valence-electron chi connectivity index (χ2n) is 6.45. The fourth-order valence-electron chi connectivity index (χ4n) is 2.34. The molecular formula is C17H17FN4O2S. The van der Waals surface area contributed by atoms with Crippen molar-refractivity contribution in [2.75, 3.05) is 10.2 Å². The van der Waals surface area contributed by atoms with E-state index in [1.165, 1.54) is 22.3 Å². The Hall–Kier alpha value is -2.74. The van der Waals surface area contributed by atoms with Gasteiger partial charge in [0, 0.05) is 11.2 Å². The molecule has 0 aliphatic heterocycles. The summed E-state index contributed by atoms with van der Waals surface area (Å²) in [6, 6.07) is 8.36. The number of hydrogen-bond acceptors (Lipinski definition) is 5. The number of carbonyl (C=O) groups is 1. The van der Waals surface area contributed by atoms with Crippen molar-refractivity contribution in [2.45, 2.75) is 26.3 Å². The van der Waals surface area contributed by atoms with E-state index in [0.717, 1.165) is 16.6 Å². The summed E-state index contributed by atoms with van der Waals surface area (Å²) in [4.78, 5) is 21.2. The molecule has 0 spiro atoms. The van der Waals surface area contributed by atoms with E-state index >= 15 is 0 Å². The number of amides is 1. The van der Waals surface area contributed by atoms with Gasteiger partial charge in [-0.3, -0.25) is 0 Å². The maximum absolute atomic E-state index is 12.9. The van der Waals surface area contributed by atoms with Gasteiger partial charge in [-0.2, -0.15) is 0 Å². The van der Waals surface area contributed by atoms with Gasteiger partial charge in [0.1, 0.15) is 11.6 Å². The third-order valence-corrected chi connectivity index (χ3v) is 4.43. The number of fused-ring (bicyclic) bond motifs is 1. The minimum absolute atomic E-state index is 0.399. The second-order valence-corrected chi connectivity index (χ2v) is 7.46. The number of benzene rings is 1. The molecule has 3 rings (SSSR count). The Morgan fingerprint density at radius 1 is 1.28 bits per heavy atom. The molecule has 3 aromatic rings. The molecule has 2 N–H and O–H groups in total. The maximum Gasteiger partial charge on any atom is 0.414 e. The van der Waals surface area contributed by atoms with Crippen LogP contribution in [0.3, 0.4) is 0 Å². The van der Waals surface area contributed by atoms with Crippen LogP contribution in [0.15, 0.2) is 36.5 Å². The summed E-state index contributed by atoms with van der Waals surface area (Å²) < 4.78 is 13.8. The van der Waals surface area contributed by atoms with Gasteiger partial charge in [0.05, 0.1) is 16.4 Å². The number of nitrogens with one attached hydrogen (secondary N) is 1. The van der Waals surface area contributed by atoms with E-state index in [9.17, 15) is 14.3 Å². The monoisotopic (exact) mass is 360 g/mol. The second kappa shape index (κ2) is 6.29. The lowest BCUT2D eigenvalue weighted by Crippen LogP contribution is -2.45. The molecule has 1 amide bonds. The smallest absolute Gasteiger partial charge is 0.414 e. The molecule has 0 aliphatic rings. The summed E-state index contributed by atoms with van der Waals surface area (Å²) in [6.07, 6.45) is 0.0973. The van der Waals surface area contributed by atoms with Crippen molar-refractivity contribution in [1.29, 1.82) is 0 Å². The third-order valence-electron chi connectivity index (χ3n) is 3.43. The van der Waals surface area contributed by atoms with E-state index in [2.05, 4.69) is 15.3 Å². The average molecular weight is 360 g/mol. The Morgan fingerprint density at radius 2 is 2.04 bits per heavy atom. The first-order valence-corrected chi connectivity index (χ1v) is 8.38. The van der Waals surface area contributed by atoms with Gasteiger partial charge in [-0.25, -0.2) is 24.1 Å². The molecule has 0 fully saturated rings. The summed E-state index contributed by atoms with van der Waals surface area (Å²) in [5.41, 5.74) is 0.881. The summed E-state index contributed by atoms with van der Waals surface area (Å²) in [5.74, 6) is 0.122. The number of thiazole rings is 1. The largest absolute Gasteiger partial charge is 0.465 e. The van der Waals surface area contributed by atoms with E-state index in [0.29, 0.717) is 16.5 Å². The quantitative estimate of drug-likeness (QED) is 0.697. The Bertz CT molecular complexity index is 919. The summed E-state index contributed by atoms with van der Waals surface area (Å²) >= 11 is 1.30. The maximum atomic E-state index is 12.9. The van der Waals surface area contributed by atoms with Gasteiger partial charge in [0.15, 0.2) is 5.13 Å². The fourth-order valence-corrected chi connectivity index (χ4v) is 3.53. The SMILES string of the molecule is CC(C)(C)N(C(=O)O)c1nc2ccc(Nc3ccc(F)cn3)cc2s1. The number of rotatable bonds is 3. The highest BCUT2D eigenvalue weighted by atomic mass is 32.1. The zero-order chi connectivity index (χ0) is 18.2. The topological polar surface area (TPSA) is 78.4 Å². The van der Waals surface area contributed by atoms with Crippen LogP contribution in [-0.2, 0) is 0 Å². The molecule has 1 aromatic carbocycles. The van der Waals surface area contributed by atoms with Gasteiger partial charge in [0.2, 0.25) is 0 Å². The summed E-state index contributed by atoms with van der Waals surface area (Å²) in [6.45, 7) is 5.46. The highest BCUT2D eigenvalue weighted by Gasteiger charge is 2.30. The normalized spacial score (nSPS) is 11.5. The first kappa shape index (κ1) is 17.1. The fraction of sp³-hybridized carbons (Fsp3) is 0.235. The Kier molecular flexibility index (Phi) is 4.30. The number of anilines is 3. The molecule has 0 radical (unpaired) electrons. The van der Waals surface area contributed by atoms with Gasteiger partial charge in [-0.15, -0.1) is 0 Å². The van der Waals surface area contributed by atoms with Crippen LogP contribution in [-0.4, -0.2) is 26.7 Å². The van der Waals surface area contributed by atoms with E-state index < -0.39 is 17.4 Å². The number of nitrogens with zero attached hydrogens (tertiary/aromatic N) is 3. The number of hydrogen-bond donors (Lipinski definition) is 2. The zero-order valence-corrected chi connectivity index (χ0v) is 14.8. The molecule has 0 unspecified atom stereocenters. The molecule has 6 nitrogen and oxygen atoms in total. The van der Waals surface area contributed by atoms with E-state index in [1.807, 2.05) is 39.0 Å². The Labute approximate surface area is 148 Å². The van der Waals surface area contributed by atoms with Crippen molar-refractivity contribution in [3.05, 3.63) is 42.3 Å². The van der Waals surface area contributed by atoms with Crippen LogP contribution in [0.2, 0.25) is 0 Å². The molecule has 2 heterocycles. The Morgan fingerprint density at radius 3 is 2.64 bits per heavy atom. The van der Waals surface area contributed by atoms with Crippen LogP contribution in [0, 0.1) is 5.82 Å². The lowest BCUT2D eigenvalue weighted by Gasteiger charge is -2.30. The van der Waals surface area contributed by atoms with Gasteiger partial charge in [0.25, 0.3) is 0 Å². The van der Waals surface area contributed by atoms with E-state index in [1.54, 1.807) is 6.07 Å². The summed E-state index contributed by atoms with van der Waals surface area (Å²) in [5, 5.41) is 13.0. The minimum atomic E-state index is -1.04. The number of halogens is 1. The van der Waals surface area contributed by atoms with Crippen LogP contribution in [0.5, 0.6) is 0 Å². The molecule has 2 aromatic heterocycles. The molecule has 0 aliphatic carbocycles. The van der Waals surface area contributed by atoms with E-state index in [4.69, 9.17) is 0 Å². The predicted molar refractivity (Wildman–Crippen MR) is 97.4 cm³/mol. The third kappa shape index (κ3) is 3.69. The number of carboxylic acid groups (broad SMARTS) is 1. The van der Waals surface area contributed by atoms with Crippen molar-refractivity contribution >= 4 is 44.3 Å². The van der Waals surface area contributed by atoms with Crippen LogP contribution in [0.1, 0.15) is 20.8 Å².